The summed E-state index contributed by atoms with van der Waals surface area (Å²) in [5, 5.41) is 13.8. The van der Waals surface area contributed by atoms with Crippen molar-refractivity contribution in [1.82, 2.24) is 5.32 Å². The number of benzene rings is 1. The smallest absolute Gasteiger partial charge is 0.0613 e. The fraction of sp³-hybridized carbons (Fsp3) is 0.538. The molecule has 4 heteroatoms. The molecule has 1 saturated carbocycles. The van der Waals surface area contributed by atoms with Crippen molar-refractivity contribution in [3.63, 3.8) is 0 Å². The number of aliphatic hydroxyl groups excluding tert-OH is 1. The molecule has 0 radical (unpaired) electrons. The molecule has 94 valence electrons. The third kappa shape index (κ3) is 3.22. The molecule has 0 aliphatic heterocycles. The van der Waals surface area contributed by atoms with Crippen LogP contribution in [0.3, 0.4) is 0 Å². The summed E-state index contributed by atoms with van der Waals surface area (Å²) in [5.74, 6) is 0. The third-order valence-electron chi connectivity index (χ3n) is 3.52. The Morgan fingerprint density at radius 2 is 2.06 bits per heavy atom. The van der Waals surface area contributed by atoms with E-state index in [0.29, 0.717) is 6.54 Å². The van der Waals surface area contributed by atoms with Gasteiger partial charge in [0.25, 0.3) is 0 Å². The zero-order valence-electron chi connectivity index (χ0n) is 9.68. The highest BCUT2D eigenvalue weighted by Gasteiger charge is 2.32. The molecular formula is C13H17BrClNO. The van der Waals surface area contributed by atoms with Gasteiger partial charge in [-0.1, -0.05) is 40.4 Å². The molecule has 17 heavy (non-hydrogen) atoms. The van der Waals surface area contributed by atoms with E-state index in [1.54, 1.807) is 0 Å². The SMILES string of the molecule is OCC1(NCc2cc(Br)ccc2Cl)CCCC1. The van der Waals surface area contributed by atoms with Gasteiger partial charge in [-0.2, -0.15) is 0 Å². The van der Waals surface area contributed by atoms with E-state index in [4.69, 9.17) is 11.6 Å². The first-order valence-electron chi connectivity index (χ1n) is 5.95. The van der Waals surface area contributed by atoms with Crippen LogP contribution in [-0.2, 0) is 6.54 Å². The van der Waals surface area contributed by atoms with Gasteiger partial charge in [0.2, 0.25) is 0 Å². The maximum atomic E-state index is 9.51. The van der Waals surface area contributed by atoms with E-state index in [0.717, 1.165) is 27.9 Å². The van der Waals surface area contributed by atoms with Crippen LogP contribution in [0.15, 0.2) is 22.7 Å². The Hall–Kier alpha value is -0.0900. The van der Waals surface area contributed by atoms with Crippen molar-refractivity contribution in [2.75, 3.05) is 6.61 Å². The molecule has 1 aromatic rings. The van der Waals surface area contributed by atoms with Crippen molar-refractivity contribution < 1.29 is 5.11 Å². The second kappa shape index (κ2) is 5.70. The normalized spacial score (nSPS) is 18.5. The Bertz CT molecular complexity index is 391. The van der Waals surface area contributed by atoms with Crippen LogP contribution in [0.2, 0.25) is 5.02 Å². The quantitative estimate of drug-likeness (QED) is 0.890. The van der Waals surface area contributed by atoms with E-state index < -0.39 is 0 Å². The van der Waals surface area contributed by atoms with Crippen molar-refractivity contribution in [3.05, 3.63) is 33.3 Å². The van der Waals surface area contributed by atoms with E-state index in [2.05, 4.69) is 21.2 Å². The maximum absolute atomic E-state index is 9.51. The monoisotopic (exact) mass is 317 g/mol. The van der Waals surface area contributed by atoms with Gasteiger partial charge in [-0.15, -0.1) is 0 Å². The predicted octanol–water partition coefficient (Wildman–Crippen LogP) is 3.50. The molecule has 0 spiro atoms. The summed E-state index contributed by atoms with van der Waals surface area (Å²) in [5.41, 5.74) is 0.979. The second-order valence-electron chi connectivity index (χ2n) is 4.73. The molecular weight excluding hydrogens is 302 g/mol. The van der Waals surface area contributed by atoms with E-state index in [-0.39, 0.29) is 12.1 Å². The van der Waals surface area contributed by atoms with Gasteiger partial charge in [0.1, 0.15) is 0 Å². The van der Waals surface area contributed by atoms with Crippen molar-refractivity contribution in [2.45, 2.75) is 37.8 Å². The van der Waals surface area contributed by atoms with E-state index in [1.165, 1.54) is 12.8 Å². The molecule has 2 nitrogen and oxygen atoms in total. The van der Waals surface area contributed by atoms with Crippen LogP contribution in [0, 0.1) is 0 Å². The molecule has 0 aromatic heterocycles. The Balaban J connectivity index is 2.03. The summed E-state index contributed by atoms with van der Waals surface area (Å²) in [6, 6.07) is 5.85. The lowest BCUT2D eigenvalue weighted by molar-refractivity contribution is 0.163. The Kier molecular flexibility index (Phi) is 4.47. The van der Waals surface area contributed by atoms with E-state index >= 15 is 0 Å². The van der Waals surface area contributed by atoms with Crippen molar-refractivity contribution in [3.8, 4) is 0 Å². The Morgan fingerprint density at radius 3 is 2.71 bits per heavy atom. The predicted molar refractivity (Wildman–Crippen MR) is 74.3 cm³/mol. The minimum Gasteiger partial charge on any atom is -0.394 e. The average Bonchev–Trinajstić information content (AvgIpc) is 2.80. The van der Waals surface area contributed by atoms with Crippen molar-refractivity contribution in [2.24, 2.45) is 0 Å². The number of hydrogen-bond acceptors (Lipinski definition) is 2. The molecule has 0 bridgehead atoms. The van der Waals surface area contributed by atoms with Crippen LogP contribution in [0.1, 0.15) is 31.2 Å². The molecule has 2 N–H and O–H groups in total. The number of hydrogen-bond donors (Lipinski definition) is 2. The lowest BCUT2D eigenvalue weighted by Gasteiger charge is -2.28. The Morgan fingerprint density at radius 1 is 1.35 bits per heavy atom. The van der Waals surface area contributed by atoms with E-state index in [9.17, 15) is 5.11 Å². The number of aliphatic hydroxyl groups is 1. The minimum absolute atomic E-state index is 0.0916. The highest BCUT2D eigenvalue weighted by Crippen LogP contribution is 2.30. The fourth-order valence-corrected chi connectivity index (χ4v) is 3.00. The van der Waals surface area contributed by atoms with Crippen LogP contribution in [0.25, 0.3) is 0 Å². The van der Waals surface area contributed by atoms with Gasteiger partial charge >= 0.3 is 0 Å². The number of rotatable bonds is 4. The lowest BCUT2D eigenvalue weighted by Crippen LogP contribution is -2.45. The maximum Gasteiger partial charge on any atom is 0.0613 e. The average molecular weight is 319 g/mol. The van der Waals surface area contributed by atoms with Crippen LogP contribution < -0.4 is 5.32 Å². The zero-order valence-corrected chi connectivity index (χ0v) is 12.0. The van der Waals surface area contributed by atoms with Crippen molar-refractivity contribution >= 4 is 27.5 Å². The summed E-state index contributed by atoms with van der Waals surface area (Å²) in [4.78, 5) is 0. The Labute approximate surface area is 115 Å². The second-order valence-corrected chi connectivity index (χ2v) is 6.06. The first-order chi connectivity index (χ1) is 8.15. The van der Waals surface area contributed by atoms with Crippen LogP contribution in [-0.4, -0.2) is 17.3 Å². The first kappa shape index (κ1) is 13.3. The summed E-state index contributed by atoms with van der Waals surface area (Å²) in [7, 11) is 0. The standard InChI is InChI=1S/C13H17BrClNO/c14-11-3-4-12(15)10(7-11)8-16-13(9-17)5-1-2-6-13/h3-4,7,16-17H,1-2,5-6,8-9H2. The van der Waals surface area contributed by atoms with Crippen molar-refractivity contribution in [1.29, 1.82) is 0 Å². The molecule has 0 heterocycles. The van der Waals surface area contributed by atoms with Gasteiger partial charge in [-0.25, -0.2) is 0 Å². The topological polar surface area (TPSA) is 32.3 Å². The lowest BCUT2D eigenvalue weighted by atomic mass is 9.98. The molecule has 0 unspecified atom stereocenters. The summed E-state index contributed by atoms with van der Waals surface area (Å²) >= 11 is 9.59. The van der Waals surface area contributed by atoms with Gasteiger partial charge in [-0.3, -0.25) is 0 Å². The van der Waals surface area contributed by atoms with Crippen LogP contribution in [0.4, 0.5) is 0 Å². The molecule has 1 aliphatic rings. The highest BCUT2D eigenvalue weighted by atomic mass is 79.9. The fourth-order valence-electron chi connectivity index (χ4n) is 2.40. The molecule has 1 aliphatic carbocycles. The summed E-state index contributed by atoms with van der Waals surface area (Å²) in [6.45, 7) is 0.914. The van der Waals surface area contributed by atoms with Gasteiger partial charge in [-0.05, 0) is 36.6 Å². The largest absolute Gasteiger partial charge is 0.394 e. The molecule has 0 atom stereocenters. The van der Waals surface area contributed by atoms with Gasteiger partial charge < -0.3 is 10.4 Å². The van der Waals surface area contributed by atoms with Gasteiger partial charge in [0.05, 0.1) is 6.61 Å². The minimum atomic E-state index is -0.0916. The third-order valence-corrected chi connectivity index (χ3v) is 4.39. The van der Waals surface area contributed by atoms with Crippen LogP contribution in [0.5, 0.6) is 0 Å². The number of nitrogens with one attached hydrogen (secondary N) is 1. The van der Waals surface area contributed by atoms with Crippen LogP contribution >= 0.6 is 27.5 Å². The number of halogens is 2. The van der Waals surface area contributed by atoms with Gasteiger partial charge in [0, 0.05) is 21.6 Å². The molecule has 1 fully saturated rings. The van der Waals surface area contributed by atoms with Gasteiger partial charge in [0.15, 0.2) is 0 Å². The molecule has 0 saturated heterocycles. The molecule has 0 amide bonds. The van der Waals surface area contributed by atoms with E-state index in [1.807, 2.05) is 18.2 Å². The summed E-state index contributed by atoms with van der Waals surface area (Å²) in [6.07, 6.45) is 4.49. The zero-order chi connectivity index (χ0) is 12.3. The molecule has 2 rings (SSSR count). The first-order valence-corrected chi connectivity index (χ1v) is 7.12. The summed E-state index contributed by atoms with van der Waals surface area (Å²) < 4.78 is 1.03. The molecule has 1 aromatic carbocycles. The highest BCUT2D eigenvalue weighted by molar-refractivity contribution is 9.10.